The van der Waals surface area contributed by atoms with Gasteiger partial charge in [0.05, 0.1) is 5.56 Å². The number of alkyl halides is 3. The minimum Gasteiger partial charge on any atom is -0.488 e. The van der Waals surface area contributed by atoms with Crippen LogP contribution in [-0.4, -0.2) is 42.4 Å². The molecule has 1 heterocycles. The quantitative estimate of drug-likeness (QED) is 0.533. The molecule has 0 spiro atoms. The number of benzene rings is 2. The van der Waals surface area contributed by atoms with Crippen molar-refractivity contribution in [2.75, 3.05) is 13.1 Å². The number of carboxylic acid groups (broad SMARTS) is 1. The molecule has 1 fully saturated rings. The van der Waals surface area contributed by atoms with Gasteiger partial charge in [0.1, 0.15) is 17.6 Å². The van der Waals surface area contributed by atoms with Crippen LogP contribution in [0.2, 0.25) is 0 Å². The zero-order valence-corrected chi connectivity index (χ0v) is 15.8. The largest absolute Gasteiger partial charge is 0.490 e. The van der Waals surface area contributed by atoms with Gasteiger partial charge in [0.25, 0.3) is 0 Å². The molecule has 2 N–H and O–H groups in total. The van der Waals surface area contributed by atoms with Crippen molar-refractivity contribution in [2.24, 2.45) is 0 Å². The summed E-state index contributed by atoms with van der Waals surface area (Å²) in [5, 5.41) is 10.3. The highest BCUT2D eigenvalue weighted by Gasteiger charge is 2.38. The van der Waals surface area contributed by atoms with Crippen LogP contribution in [0.25, 0.3) is 0 Å². The molecular formula is C18H15BrF3NO5. The van der Waals surface area contributed by atoms with Crippen LogP contribution >= 0.6 is 15.9 Å². The van der Waals surface area contributed by atoms with Crippen molar-refractivity contribution in [3.63, 3.8) is 0 Å². The van der Waals surface area contributed by atoms with E-state index in [1.807, 2.05) is 12.1 Å². The van der Waals surface area contributed by atoms with E-state index in [1.54, 1.807) is 36.4 Å². The third-order valence-corrected chi connectivity index (χ3v) is 3.93. The van der Waals surface area contributed by atoms with E-state index in [9.17, 15) is 18.0 Å². The zero-order chi connectivity index (χ0) is 20.7. The van der Waals surface area contributed by atoms with Gasteiger partial charge in [0.15, 0.2) is 0 Å². The molecule has 0 atom stereocenters. The van der Waals surface area contributed by atoms with E-state index < -0.39 is 12.1 Å². The minimum atomic E-state index is -5.08. The number of halogens is 4. The Hall–Kier alpha value is -2.59. The summed E-state index contributed by atoms with van der Waals surface area (Å²) in [5.74, 6) is -1.85. The number of carbonyl (C=O) groups excluding carboxylic acids is 1. The van der Waals surface area contributed by atoms with Crippen molar-refractivity contribution in [3.05, 3.63) is 58.6 Å². The number of carbonyl (C=O) groups is 2. The molecule has 0 aromatic heterocycles. The molecule has 0 saturated carbocycles. The molecule has 150 valence electrons. The molecule has 0 amide bonds. The van der Waals surface area contributed by atoms with Crippen LogP contribution in [0.15, 0.2) is 53.0 Å². The zero-order valence-electron chi connectivity index (χ0n) is 14.2. The highest BCUT2D eigenvalue weighted by Crippen LogP contribution is 2.19. The molecule has 2 aromatic carbocycles. The maximum Gasteiger partial charge on any atom is 0.490 e. The predicted octanol–water partition coefficient (Wildman–Crippen LogP) is 3.65. The second kappa shape index (κ2) is 9.56. The molecule has 1 saturated heterocycles. The molecule has 6 nitrogen and oxygen atoms in total. The Morgan fingerprint density at radius 1 is 1.00 bits per heavy atom. The average Bonchev–Trinajstić information content (AvgIpc) is 2.60. The molecule has 1 aliphatic heterocycles. The summed E-state index contributed by atoms with van der Waals surface area (Å²) in [6, 6.07) is 14.1. The molecule has 2 aromatic rings. The highest BCUT2D eigenvalue weighted by atomic mass is 79.9. The van der Waals surface area contributed by atoms with Gasteiger partial charge in [-0.3, -0.25) is 0 Å². The maximum absolute atomic E-state index is 12.0. The fourth-order valence-electron chi connectivity index (χ4n) is 1.88. The van der Waals surface area contributed by atoms with Gasteiger partial charge < -0.3 is 19.9 Å². The summed E-state index contributed by atoms with van der Waals surface area (Å²) in [6.07, 6.45) is -4.86. The summed E-state index contributed by atoms with van der Waals surface area (Å²) in [6.45, 7) is 1.74. The number of hydrogen-bond acceptors (Lipinski definition) is 5. The van der Waals surface area contributed by atoms with Crippen molar-refractivity contribution in [1.82, 2.24) is 5.32 Å². The molecule has 0 bridgehead atoms. The summed E-state index contributed by atoms with van der Waals surface area (Å²) >= 11 is 3.34. The minimum absolute atomic E-state index is 0.227. The smallest absolute Gasteiger partial charge is 0.488 e. The van der Waals surface area contributed by atoms with Crippen LogP contribution in [-0.2, 0) is 4.79 Å². The summed E-state index contributed by atoms with van der Waals surface area (Å²) in [5.41, 5.74) is 0.497. The molecule has 3 rings (SSSR count). The lowest BCUT2D eigenvalue weighted by Gasteiger charge is -2.27. The van der Waals surface area contributed by atoms with E-state index in [1.165, 1.54) is 0 Å². The van der Waals surface area contributed by atoms with E-state index in [0.717, 1.165) is 23.3 Å². The first-order valence-electron chi connectivity index (χ1n) is 7.90. The third-order valence-electron chi connectivity index (χ3n) is 3.40. The van der Waals surface area contributed by atoms with Gasteiger partial charge in [-0.1, -0.05) is 15.9 Å². The van der Waals surface area contributed by atoms with Crippen LogP contribution in [0.1, 0.15) is 10.4 Å². The van der Waals surface area contributed by atoms with E-state index >= 15 is 0 Å². The number of aliphatic carboxylic acids is 1. The normalized spacial score (nSPS) is 13.6. The lowest BCUT2D eigenvalue weighted by atomic mass is 10.2. The number of esters is 1. The van der Waals surface area contributed by atoms with Crippen molar-refractivity contribution in [2.45, 2.75) is 12.3 Å². The molecule has 28 heavy (non-hydrogen) atoms. The second-order valence-electron chi connectivity index (χ2n) is 5.57. The van der Waals surface area contributed by atoms with Crippen molar-refractivity contribution < 1.29 is 37.3 Å². The summed E-state index contributed by atoms with van der Waals surface area (Å²) in [4.78, 5) is 20.9. The van der Waals surface area contributed by atoms with Gasteiger partial charge in [0, 0.05) is 17.6 Å². The van der Waals surface area contributed by atoms with Crippen LogP contribution in [0.5, 0.6) is 11.5 Å². The maximum atomic E-state index is 12.0. The van der Waals surface area contributed by atoms with Gasteiger partial charge in [-0.2, -0.15) is 13.2 Å². The molecule has 10 heteroatoms. The predicted molar refractivity (Wildman–Crippen MR) is 96.5 cm³/mol. The summed E-state index contributed by atoms with van der Waals surface area (Å²) < 4.78 is 43.7. The van der Waals surface area contributed by atoms with E-state index in [4.69, 9.17) is 19.4 Å². The first-order valence-corrected chi connectivity index (χ1v) is 8.70. The standard InChI is InChI=1S/C16H14BrNO3.C2HF3O2/c17-12-3-7-14(8-4-12)21-16(19)11-1-5-13(6-2-11)20-15-9-18-10-15;3-2(4,5)1(6)7/h1-8,15,18H,9-10H2;(H,6,7). The van der Waals surface area contributed by atoms with Crippen molar-refractivity contribution >= 4 is 27.9 Å². The Morgan fingerprint density at radius 2 is 1.50 bits per heavy atom. The molecule has 1 aliphatic rings. The first kappa shape index (κ1) is 21.7. The monoisotopic (exact) mass is 461 g/mol. The van der Waals surface area contributed by atoms with Crippen LogP contribution in [0.4, 0.5) is 13.2 Å². The Balaban J connectivity index is 0.000000345. The number of carboxylic acids is 1. The third kappa shape index (κ3) is 6.86. The fourth-order valence-corrected chi connectivity index (χ4v) is 2.14. The van der Waals surface area contributed by atoms with E-state index in [0.29, 0.717) is 11.3 Å². The lowest BCUT2D eigenvalue weighted by Crippen LogP contribution is -2.50. The van der Waals surface area contributed by atoms with Crippen LogP contribution in [0.3, 0.4) is 0 Å². The summed E-state index contributed by atoms with van der Waals surface area (Å²) in [7, 11) is 0. The average molecular weight is 462 g/mol. The Bertz CT molecular complexity index is 805. The Kier molecular flexibility index (Phi) is 7.41. The molecule has 0 aliphatic carbocycles. The van der Waals surface area contributed by atoms with Crippen LogP contribution in [0, 0.1) is 0 Å². The highest BCUT2D eigenvalue weighted by molar-refractivity contribution is 9.10. The topological polar surface area (TPSA) is 84.9 Å². The van der Waals surface area contributed by atoms with Gasteiger partial charge >= 0.3 is 18.1 Å². The number of nitrogens with one attached hydrogen (secondary N) is 1. The van der Waals surface area contributed by atoms with Crippen LogP contribution < -0.4 is 14.8 Å². The first-order chi connectivity index (χ1) is 13.1. The van der Waals surface area contributed by atoms with Gasteiger partial charge in [0.2, 0.25) is 0 Å². The van der Waals surface area contributed by atoms with E-state index in [-0.39, 0.29) is 12.1 Å². The van der Waals surface area contributed by atoms with Crippen molar-refractivity contribution in [3.8, 4) is 11.5 Å². The van der Waals surface area contributed by atoms with Gasteiger partial charge in [-0.15, -0.1) is 0 Å². The second-order valence-corrected chi connectivity index (χ2v) is 6.48. The lowest BCUT2D eigenvalue weighted by molar-refractivity contribution is -0.192. The Morgan fingerprint density at radius 3 is 1.93 bits per heavy atom. The number of hydrogen-bond donors (Lipinski definition) is 2. The SMILES string of the molecule is O=C(O)C(F)(F)F.O=C(Oc1ccc(Br)cc1)c1ccc(OC2CNC2)cc1. The van der Waals surface area contributed by atoms with Gasteiger partial charge in [-0.25, -0.2) is 9.59 Å². The van der Waals surface area contributed by atoms with E-state index in [2.05, 4.69) is 21.2 Å². The molecule has 0 radical (unpaired) electrons. The molecular weight excluding hydrogens is 447 g/mol. The Labute approximate surface area is 166 Å². The fraction of sp³-hybridized carbons (Fsp3) is 0.222. The molecule has 0 unspecified atom stereocenters. The number of rotatable bonds is 4. The van der Waals surface area contributed by atoms with Crippen molar-refractivity contribution in [1.29, 1.82) is 0 Å². The van der Waals surface area contributed by atoms with Gasteiger partial charge in [-0.05, 0) is 48.5 Å². The number of ether oxygens (including phenoxy) is 2.